The Bertz CT molecular complexity index is 200. The van der Waals surface area contributed by atoms with Crippen LogP contribution in [0.5, 0.6) is 0 Å². The summed E-state index contributed by atoms with van der Waals surface area (Å²) >= 11 is 0. The van der Waals surface area contributed by atoms with Crippen LogP contribution in [-0.4, -0.2) is 30.7 Å². The summed E-state index contributed by atoms with van der Waals surface area (Å²) in [4.78, 5) is 21.8. The molecule has 5 heteroatoms. The zero-order valence-corrected chi connectivity index (χ0v) is 8.03. The van der Waals surface area contributed by atoms with Crippen molar-refractivity contribution in [3.8, 4) is 0 Å². The summed E-state index contributed by atoms with van der Waals surface area (Å²) in [5.41, 5.74) is 3.47. The number of ether oxygens (including phenoxy) is 1. The van der Waals surface area contributed by atoms with Crippen molar-refractivity contribution in [3.05, 3.63) is 0 Å². The van der Waals surface area contributed by atoms with Crippen LogP contribution in [0.25, 0.3) is 0 Å². The van der Waals surface area contributed by atoms with Crippen LogP contribution in [0, 0.1) is 11.3 Å². The van der Waals surface area contributed by atoms with Crippen molar-refractivity contribution in [2.75, 3.05) is 13.7 Å². The molecule has 0 rings (SSSR count). The predicted octanol–water partition coefficient (Wildman–Crippen LogP) is -0.155. The average molecular weight is 189 g/mol. The number of aliphatic carboxylic acids is 1. The first-order valence-electron chi connectivity index (χ1n) is 3.89. The van der Waals surface area contributed by atoms with Crippen LogP contribution in [0.4, 0.5) is 0 Å². The van der Waals surface area contributed by atoms with Crippen LogP contribution < -0.4 is 5.73 Å². The molecule has 0 aromatic rings. The summed E-state index contributed by atoms with van der Waals surface area (Å²) < 4.78 is 4.78. The van der Waals surface area contributed by atoms with Gasteiger partial charge in [0, 0.05) is 13.0 Å². The molecule has 76 valence electrons. The van der Waals surface area contributed by atoms with Crippen molar-refractivity contribution in [3.63, 3.8) is 0 Å². The Balaban J connectivity index is 4.79. The molecule has 0 aliphatic carbocycles. The van der Waals surface area contributed by atoms with E-state index in [1.165, 1.54) is 14.0 Å². The van der Waals surface area contributed by atoms with Gasteiger partial charge in [0.15, 0.2) is 0 Å². The number of primary amides is 1. The number of carbonyl (C=O) groups is 2. The Morgan fingerprint density at radius 3 is 2.31 bits per heavy atom. The van der Waals surface area contributed by atoms with E-state index < -0.39 is 23.2 Å². The predicted molar refractivity (Wildman–Crippen MR) is 46.0 cm³/mol. The SMILES string of the molecule is COCC(C)C(C)(C(N)=O)C(=O)O. The number of hydrogen-bond donors (Lipinski definition) is 2. The van der Waals surface area contributed by atoms with E-state index in [2.05, 4.69) is 0 Å². The highest BCUT2D eigenvalue weighted by Crippen LogP contribution is 2.27. The molecule has 2 atom stereocenters. The van der Waals surface area contributed by atoms with Crippen LogP contribution >= 0.6 is 0 Å². The lowest BCUT2D eigenvalue weighted by molar-refractivity contribution is -0.158. The third-order valence-electron chi connectivity index (χ3n) is 2.36. The largest absolute Gasteiger partial charge is 0.480 e. The third-order valence-corrected chi connectivity index (χ3v) is 2.36. The molecule has 0 heterocycles. The normalized spacial score (nSPS) is 17.5. The van der Waals surface area contributed by atoms with Crippen molar-refractivity contribution in [2.45, 2.75) is 13.8 Å². The first-order chi connectivity index (χ1) is 5.87. The fraction of sp³-hybridized carbons (Fsp3) is 0.750. The van der Waals surface area contributed by atoms with Crippen molar-refractivity contribution in [2.24, 2.45) is 17.1 Å². The summed E-state index contributed by atoms with van der Waals surface area (Å²) in [5, 5.41) is 8.84. The van der Waals surface area contributed by atoms with E-state index >= 15 is 0 Å². The minimum atomic E-state index is -1.56. The van der Waals surface area contributed by atoms with E-state index in [-0.39, 0.29) is 6.61 Å². The van der Waals surface area contributed by atoms with Gasteiger partial charge in [-0.1, -0.05) is 6.92 Å². The lowest BCUT2D eigenvalue weighted by Crippen LogP contribution is -2.47. The minimum Gasteiger partial charge on any atom is -0.480 e. The highest BCUT2D eigenvalue weighted by molar-refractivity contribution is 6.00. The Hall–Kier alpha value is -1.10. The lowest BCUT2D eigenvalue weighted by Gasteiger charge is -2.27. The second-order valence-corrected chi connectivity index (χ2v) is 3.23. The molecular formula is C8H15NO4. The number of nitrogens with two attached hydrogens (primary N) is 1. The summed E-state index contributed by atoms with van der Waals surface area (Å²) in [6, 6.07) is 0. The van der Waals surface area contributed by atoms with Crippen LogP contribution in [0.3, 0.4) is 0 Å². The van der Waals surface area contributed by atoms with E-state index in [4.69, 9.17) is 15.6 Å². The summed E-state index contributed by atoms with van der Waals surface area (Å²) in [5.74, 6) is -2.51. The monoisotopic (exact) mass is 189 g/mol. The van der Waals surface area contributed by atoms with Gasteiger partial charge >= 0.3 is 5.97 Å². The van der Waals surface area contributed by atoms with Crippen LogP contribution in [0.2, 0.25) is 0 Å². The lowest BCUT2D eigenvalue weighted by atomic mass is 9.78. The molecule has 0 aliphatic rings. The number of carboxylic acid groups (broad SMARTS) is 1. The molecule has 0 radical (unpaired) electrons. The molecule has 2 unspecified atom stereocenters. The third kappa shape index (κ3) is 2.18. The molecule has 1 amide bonds. The maximum atomic E-state index is 11.0. The van der Waals surface area contributed by atoms with Gasteiger partial charge in [-0.3, -0.25) is 9.59 Å². The molecule has 0 aromatic heterocycles. The second kappa shape index (κ2) is 4.23. The fourth-order valence-corrected chi connectivity index (χ4v) is 0.976. The number of carbonyl (C=O) groups excluding carboxylic acids is 1. The van der Waals surface area contributed by atoms with Crippen LogP contribution in [0.15, 0.2) is 0 Å². The van der Waals surface area contributed by atoms with E-state index in [1.807, 2.05) is 0 Å². The number of carboxylic acids is 1. The molecule has 0 spiro atoms. The molecule has 0 aliphatic heterocycles. The molecule has 0 fully saturated rings. The van der Waals surface area contributed by atoms with E-state index in [1.54, 1.807) is 6.92 Å². The van der Waals surface area contributed by atoms with Crippen molar-refractivity contribution < 1.29 is 19.4 Å². The zero-order chi connectivity index (χ0) is 10.6. The Morgan fingerprint density at radius 2 is 2.08 bits per heavy atom. The standard InChI is InChI=1S/C8H15NO4/c1-5(4-13-3)8(2,6(9)10)7(11)12/h5H,4H2,1-3H3,(H2,9,10)(H,11,12). The van der Waals surface area contributed by atoms with Crippen LogP contribution in [-0.2, 0) is 14.3 Å². The summed E-state index contributed by atoms with van der Waals surface area (Å²) in [7, 11) is 1.44. The number of amides is 1. The maximum absolute atomic E-state index is 11.0. The van der Waals surface area contributed by atoms with Crippen molar-refractivity contribution in [1.82, 2.24) is 0 Å². The molecule has 0 aromatic carbocycles. The topological polar surface area (TPSA) is 89.6 Å². The van der Waals surface area contributed by atoms with Gasteiger partial charge in [0.25, 0.3) is 0 Å². The molecule has 0 bridgehead atoms. The van der Waals surface area contributed by atoms with Crippen LogP contribution in [0.1, 0.15) is 13.8 Å². The second-order valence-electron chi connectivity index (χ2n) is 3.23. The number of methoxy groups -OCH3 is 1. The molecule has 0 saturated carbocycles. The summed E-state index contributed by atoms with van der Waals surface area (Å²) in [6.07, 6.45) is 0. The van der Waals surface area contributed by atoms with Gasteiger partial charge in [-0.15, -0.1) is 0 Å². The van der Waals surface area contributed by atoms with Gasteiger partial charge in [0.2, 0.25) is 5.91 Å². The fourth-order valence-electron chi connectivity index (χ4n) is 0.976. The minimum absolute atomic E-state index is 0.186. The smallest absolute Gasteiger partial charge is 0.319 e. The Morgan fingerprint density at radius 1 is 1.62 bits per heavy atom. The molecule has 3 N–H and O–H groups in total. The summed E-state index contributed by atoms with van der Waals surface area (Å²) in [6.45, 7) is 3.11. The molecular weight excluding hydrogens is 174 g/mol. The van der Waals surface area contributed by atoms with Gasteiger partial charge in [0.1, 0.15) is 5.41 Å². The van der Waals surface area contributed by atoms with Gasteiger partial charge in [-0.2, -0.15) is 0 Å². The first-order valence-corrected chi connectivity index (χ1v) is 3.89. The Labute approximate surface area is 76.9 Å². The highest BCUT2D eigenvalue weighted by Gasteiger charge is 2.44. The van der Waals surface area contributed by atoms with Gasteiger partial charge in [0.05, 0.1) is 6.61 Å². The quantitative estimate of drug-likeness (QED) is 0.588. The average Bonchev–Trinajstić information content (AvgIpc) is 2.02. The Kier molecular flexibility index (Phi) is 3.87. The van der Waals surface area contributed by atoms with Crippen molar-refractivity contribution >= 4 is 11.9 Å². The van der Waals surface area contributed by atoms with E-state index in [0.717, 1.165) is 0 Å². The molecule has 0 saturated heterocycles. The molecule has 5 nitrogen and oxygen atoms in total. The van der Waals surface area contributed by atoms with Gasteiger partial charge < -0.3 is 15.6 Å². The highest BCUT2D eigenvalue weighted by atomic mass is 16.5. The number of hydrogen-bond acceptors (Lipinski definition) is 3. The van der Waals surface area contributed by atoms with Gasteiger partial charge in [-0.05, 0) is 6.92 Å². The first kappa shape index (κ1) is 11.9. The maximum Gasteiger partial charge on any atom is 0.319 e. The number of rotatable bonds is 5. The van der Waals surface area contributed by atoms with Gasteiger partial charge in [-0.25, -0.2) is 0 Å². The van der Waals surface area contributed by atoms with E-state index in [0.29, 0.717) is 0 Å². The van der Waals surface area contributed by atoms with E-state index in [9.17, 15) is 9.59 Å². The molecule has 13 heavy (non-hydrogen) atoms. The van der Waals surface area contributed by atoms with Crippen molar-refractivity contribution in [1.29, 1.82) is 0 Å². The zero-order valence-electron chi connectivity index (χ0n) is 8.03.